The Morgan fingerprint density at radius 3 is 2.57 bits per heavy atom. The van der Waals surface area contributed by atoms with Gasteiger partial charge in [0.15, 0.2) is 9.84 Å². The largest absolute Gasteiger partial charge is 0.497 e. The maximum absolute atomic E-state index is 13.1. The Balaban J connectivity index is 1.28. The van der Waals surface area contributed by atoms with E-state index in [1.54, 1.807) is 14.2 Å². The number of anilines is 1. The number of piperidine rings is 1. The van der Waals surface area contributed by atoms with Crippen LogP contribution in [0.25, 0.3) is 0 Å². The van der Waals surface area contributed by atoms with E-state index in [0.29, 0.717) is 26.2 Å². The second-order valence-corrected chi connectivity index (χ2v) is 13.2. The van der Waals surface area contributed by atoms with Gasteiger partial charge in [0.2, 0.25) is 0 Å². The number of rotatable bonds is 13. The quantitative estimate of drug-likeness (QED) is 0.288. The highest BCUT2D eigenvalue weighted by Gasteiger charge is 2.34. The van der Waals surface area contributed by atoms with Crippen LogP contribution in [-0.4, -0.2) is 73.4 Å². The molecular formula is C33H42N2O6S. The van der Waals surface area contributed by atoms with E-state index in [1.165, 1.54) is 0 Å². The number of hydrogen-bond donors (Lipinski definition) is 1. The van der Waals surface area contributed by atoms with Crippen LogP contribution < -0.4 is 19.7 Å². The molecule has 0 radical (unpaired) electrons. The maximum atomic E-state index is 13.1. The summed E-state index contributed by atoms with van der Waals surface area (Å²) in [5.74, 6) is 1.87. The van der Waals surface area contributed by atoms with E-state index in [9.17, 15) is 8.42 Å². The first kappa shape index (κ1) is 30.4. The van der Waals surface area contributed by atoms with E-state index < -0.39 is 9.84 Å². The van der Waals surface area contributed by atoms with Gasteiger partial charge in [-0.15, -0.1) is 0 Å². The number of nitrogens with zero attached hydrogens (tertiary/aromatic N) is 1. The van der Waals surface area contributed by atoms with E-state index in [4.69, 9.17) is 18.9 Å². The van der Waals surface area contributed by atoms with Crippen molar-refractivity contribution >= 4 is 15.5 Å². The molecule has 2 heterocycles. The van der Waals surface area contributed by atoms with Gasteiger partial charge in [0.25, 0.3) is 0 Å². The van der Waals surface area contributed by atoms with Gasteiger partial charge in [-0.3, -0.25) is 0 Å². The van der Waals surface area contributed by atoms with Gasteiger partial charge >= 0.3 is 0 Å². The van der Waals surface area contributed by atoms with Gasteiger partial charge in [-0.25, -0.2) is 8.42 Å². The molecule has 3 aromatic rings. The molecule has 5 rings (SSSR count). The molecule has 0 saturated carbocycles. The number of sulfone groups is 1. The number of ether oxygens (including phenoxy) is 4. The SMILES string of the molecule is COCCCN1CCOc2ccc(CO[C@H]3CN[C@H](CS(=O)(=O)Cc4ccccc4)CC3c3ccc(OC)cc3)cc21. The summed E-state index contributed by atoms with van der Waals surface area (Å²) in [5, 5.41) is 3.49. The highest BCUT2D eigenvalue weighted by atomic mass is 32.2. The fourth-order valence-corrected chi connectivity index (χ4v) is 7.59. The first-order chi connectivity index (χ1) is 20.4. The van der Waals surface area contributed by atoms with E-state index in [2.05, 4.69) is 34.5 Å². The Kier molecular flexibility index (Phi) is 10.4. The summed E-state index contributed by atoms with van der Waals surface area (Å²) in [6, 6.07) is 23.5. The minimum atomic E-state index is -3.29. The van der Waals surface area contributed by atoms with Crippen molar-refractivity contribution in [2.24, 2.45) is 0 Å². The molecule has 3 atom stereocenters. The van der Waals surface area contributed by atoms with E-state index in [-0.39, 0.29) is 29.6 Å². The molecule has 1 unspecified atom stereocenters. The first-order valence-corrected chi connectivity index (χ1v) is 16.5. The predicted octanol–water partition coefficient (Wildman–Crippen LogP) is 4.58. The minimum absolute atomic E-state index is 0.0422. The van der Waals surface area contributed by atoms with E-state index in [0.717, 1.165) is 60.0 Å². The average Bonchev–Trinajstić information content (AvgIpc) is 3.00. The van der Waals surface area contributed by atoms with Gasteiger partial charge < -0.3 is 29.2 Å². The van der Waals surface area contributed by atoms with Crippen molar-refractivity contribution in [1.29, 1.82) is 0 Å². The minimum Gasteiger partial charge on any atom is -0.497 e. The second-order valence-electron chi connectivity index (χ2n) is 11.1. The molecule has 0 spiro atoms. The molecular weight excluding hydrogens is 552 g/mol. The Bertz CT molecular complexity index is 1380. The van der Waals surface area contributed by atoms with Gasteiger partial charge in [-0.05, 0) is 53.8 Å². The molecule has 42 heavy (non-hydrogen) atoms. The Hall–Kier alpha value is -3.11. The Labute approximate surface area is 249 Å². The number of hydrogen-bond acceptors (Lipinski definition) is 8. The van der Waals surface area contributed by atoms with E-state index in [1.807, 2.05) is 48.5 Å². The summed E-state index contributed by atoms with van der Waals surface area (Å²) < 4.78 is 49.3. The van der Waals surface area contributed by atoms with Crippen molar-refractivity contribution in [1.82, 2.24) is 5.32 Å². The van der Waals surface area contributed by atoms with Crippen molar-refractivity contribution in [2.45, 2.75) is 43.3 Å². The lowest BCUT2D eigenvalue weighted by molar-refractivity contribution is 0.00440. The molecule has 0 bridgehead atoms. The summed E-state index contributed by atoms with van der Waals surface area (Å²) in [5.41, 5.74) is 4.11. The molecule has 226 valence electrons. The molecule has 2 aliphatic heterocycles. The summed E-state index contributed by atoms with van der Waals surface area (Å²) in [4.78, 5) is 2.35. The van der Waals surface area contributed by atoms with Crippen LogP contribution >= 0.6 is 0 Å². The summed E-state index contributed by atoms with van der Waals surface area (Å²) in [7, 11) is 0.0906. The second kappa shape index (κ2) is 14.4. The molecule has 9 heteroatoms. The number of fused-ring (bicyclic) bond motifs is 1. The zero-order chi connectivity index (χ0) is 29.4. The fraction of sp³-hybridized carbons (Fsp3) is 0.455. The van der Waals surface area contributed by atoms with Crippen LogP contribution in [0.15, 0.2) is 72.8 Å². The van der Waals surface area contributed by atoms with E-state index >= 15 is 0 Å². The molecule has 1 saturated heterocycles. The van der Waals surface area contributed by atoms with Crippen LogP contribution in [0.5, 0.6) is 11.5 Å². The standard InChI is InChI=1S/C33H42N2O6S/c1-38-17-6-15-35-16-18-40-32-14-9-26(19-31(32)35)22-41-33-21-34-28(20-30(33)27-10-12-29(39-2)13-11-27)24-42(36,37)23-25-7-4-3-5-8-25/h3-5,7-14,19,28,30,33-34H,6,15-18,20-24H2,1-2H3/t28-,30?,33-/m0/s1. The zero-order valence-electron chi connectivity index (χ0n) is 24.5. The Morgan fingerprint density at radius 2 is 1.81 bits per heavy atom. The molecule has 8 nitrogen and oxygen atoms in total. The lowest BCUT2D eigenvalue weighted by Gasteiger charge is -2.37. The first-order valence-electron chi connectivity index (χ1n) is 14.7. The Morgan fingerprint density at radius 1 is 1.00 bits per heavy atom. The number of benzene rings is 3. The lowest BCUT2D eigenvalue weighted by atomic mass is 9.84. The normalized spacial score (nSPS) is 20.5. The van der Waals surface area contributed by atoms with Crippen molar-refractivity contribution in [3.8, 4) is 11.5 Å². The molecule has 1 N–H and O–H groups in total. The van der Waals surface area contributed by atoms with Crippen LogP contribution in [0.2, 0.25) is 0 Å². The summed E-state index contributed by atoms with van der Waals surface area (Å²) in [6.45, 7) is 4.19. The monoisotopic (exact) mass is 594 g/mol. The van der Waals surface area contributed by atoms with Crippen molar-refractivity contribution < 1.29 is 27.4 Å². The van der Waals surface area contributed by atoms with Gasteiger partial charge in [0, 0.05) is 38.8 Å². The van der Waals surface area contributed by atoms with Crippen LogP contribution in [0.3, 0.4) is 0 Å². The van der Waals surface area contributed by atoms with Gasteiger partial charge in [-0.2, -0.15) is 0 Å². The highest BCUT2D eigenvalue weighted by molar-refractivity contribution is 7.90. The van der Waals surface area contributed by atoms with Crippen LogP contribution in [0.4, 0.5) is 5.69 Å². The van der Waals surface area contributed by atoms with Crippen LogP contribution in [-0.2, 0) is 31.7 Å². The van der Waals surface area contributed by atoms with Crippen molar-refractivity contribution in [3.63, 3.8) is 0 Å². The van der Waals surface area contributed by atoms with Crippen LogP contribution in [0.1, 0.15) is 35.4 Å². The topological polar surface area (TPSA) is 86.3 Å². The number of methoxy groups -OCH3 is 2. The molecule has 2 aliphatic rings. The average molecular weight is 595 g/mol. The smallest absolute Gasteiger partial charge is 0.155 e. The summed E-state index contributed by atoms with van der Waals surface area (Å²) in [6.07, 6.45) is 1.50. The molecule has 1 fully saturated rings. The van der Waals surface area contributed by atoms with Crippen molar-refractivity contribution in [2.75, 3.05) is 57.7 Å². The fourth-order valence-electron chi connectivity index (χ4n) is 5.91. The molecule has 0 aromatic heterocycles. The molecule has 3 aromatic carbocycles. The maximum Gasteiger partial charge on any atom is 0.155 e. The van der Waals surface area contributed by atoms with Crippen molar-refractivity contribution in [3.05, 3.63) is 89.5 Å². The van der Waals surface area contributed by atoms with Crippen LogP contribution in [0, 0.1) is 0 Å². The van der Waals surface area contributed by atoms with Gasteiger partial charge in [-0.1, -0.05) is 48.5 Å². The predicted molar refractivity (Wildman–Crippen MR) is 165 cm³/mol. The third-order valence-electron chi connectivity index (χ3n) is 8.05. The number of nitrogens with one attached hydrogen (secondary N) is 1. The highest BCUT2D eigenvalue weighted by Crippen LogP contribution is 2.35. The zero-order valence-corrected chi connectivity index (χ0v) is 25.4. The molecule has 0 amide bonds. The summed E-state index contributed by atoms with van der Waals surface area (Å²) >= 11 is 0. The molecule has 0 aliphatic carbocycles. The third-order valence-corrected chi connectivity index (χ3v) is 9.73. The third kappa shape index (κ3) is 8.04. The van der Waals surface area contributed by atoms with Gasteiger partial charge in [0.05, 0.1) is 43.6 Å². The van der Waals surface area contributed by atoms with Gasteiger partial charge in [0.1, 0.15) is 18.1 Å². The lowest BCUT2D eigenvalue weighted by Crippen LogP contribution is -2.49.